The summed E-state index contributed by atoms with van der Waals surface area (Å²) < 4.78 is 0. The van der Waals surface area contributed by atoms with Gasteiger partial charge in [-0.05, 0) is 28.3 Å². The highest BCUT2D eigenvalue weighted by Gasteiger charge is 2.15. The van der Waals surface area contributed by atoms with Crippen LogP contribution >= 0.6 is 0 Å². The molecule has 20 radical (unpaired) electrons. The van der Waals surface area contributed by atoms with Crippen molar-refractivity contribution in [2.75, 3.05) is 0 Å². The molecule has 3 aromatic rings. The zero-order valence-electron chi connectivity index (χ0n) is 15.1. The summed E-state index contributed by atoms with van der Waals surface area (Å²) in [7, 11) is 60.2. The number of rotatable bonds is 2. The molecule has 0 amide bonds. The molecule has 28 heavy (non-hydrogen) atoms. The standard InChI is InChI=1S/C18H4B10/c19-9-7(10(20)14(24)17(27)13(9)23)5-2-1-3-6(4-5)8-11(21)15(25)18(28)16(26)12(8)22/h1-4H. The van der Waals surface area contributed by atoms with Crippen LogP contribution in [0.25, 0.3) is 22.3 Å². The maximum Gasteiger partial charge on any atom is 0.113 e. The molecule has 106 valence electrons. The molecule has 0 fully saturated rings. The summed E-state index contributed by atoms with van der Waals surface area (Å²) in [6.45, 7) is 0. The maximum atomic E-state index is 6.16. The van der Waals surface area contributed by atoms with E-state index in [0.29, 0.717) is 22.3 Å². The van der Waals surface area contributed by atoms with Gasteiger partial charge >= 0.3 is 0 Å². The third-order valence-corrected chi connectivity index (χ3v) is 4.84. The van der Waals surface area contributed by atoms with E-state index in [-0.39, 0.29) is 54.6 Å². The Labute approximate surface area is 179 Å². The highest BCUT2D eigenvalue weighted by atomic mass is 14.1. The summed E-state index contributed by atoms with van der Waals surface area (Å²) >= 11 is 0. The van der Waals surface area contributed by atoms with Crippen molar-refractivity contribution in [2.24, 2.45) is 0 Å². The van der Waals surface area contributed by atoms with Crippen LogP contribution in [0.3, 0.4) is 0 Å². The average Bonchev–Trinajstić information content (AvgIpc) is 2.68. The first kappa shape index (κ1) is 21.0. The molecule has 0 heterocycles. The zero-order chi connectivity index (χ0) is 20.9. The van der Waals surface area contributed by atoms with Crippen LogP contribution < -0.4 is 54.6 Å². The molecule has 0 unspecified atom stereocenters. The Balaban J connectivity index is 2.31. The predicted octanol–water partition coefficient (Wildman–Crippen LogP) is -7.04. The van der Waals surface area contributed by atoms with E-state index >= 15 is 0 Å². The number of hydrogen-bond acceptors (Lipinski definition) is 0. The quantitative estimate of drug-likeness (QED) is 0.410. The zero-order valence-corrected chi connectivity index (χ0v) is 15.1. The molecule has 0 aliphatic rings. The van der Waals surface area contributed by atoms with Gasteiger partial charge in [-0.25, -0.2) is 0 Å². The number of hydrogen-bond donors (Lipinski definition) is 0. The topological polar surface area (TPSA) is 0 Å². The molecule has 0 N–H and O–H groups in total. The molecule has 0 atom stereocenters. The fourth-order valence-electron chi connectivity index (χ4n) is 3.15. The van der Waals surface area contributed by atoms with Crippen molar-refractivity contribution < 1.29 is 0 Å². The minimum atomic E-state index is 0.141. The van der Waals surface area contributed by atoms with E-state index in [1.165, 1.54) is 0 Å². The molecule has 0 saturated carbocycles. The normalized spacial score (nSPS) is 10.9. The van der Waals surface area contributed by atoms with E-state index in [0.717, 1.165) is 0 Å². The van der Waals surface area contributed by atoms with Gasteiger partial charge in [-0.15, -0.1) is 32.8 Å². The summed E-state index contributed by atoms with van der Waals surface area (Å²) in [4.78, 5) is 0. The van der Waals surface area contributed by atoms with Crippen molar-refractivity contribution in [3.8, 4) is 22.3 Å². The lowest BCUT2D eigenvalue weighted by Gasteiger charge is -2.23. The van der Waals surface area contributed by atoms with Crippen molar-refractivity contribution in [1.82, 2.24) is 0 Å². The Hall–Kier alpha value is -1.69. The predicted molar refractivity (Wildman–Crippen MR) is 131 cm³/mol. The van der Waals surface area contributed by atoms with Gasteiger partial charge in [0.2, 0.25) is 0 Å². The molecule has 0 spiro atoms. The Bertz CT molecular complexity index is 977. The Morgan fingerprint density at radius 3 is 0.893 bits per heavy atom. The van der Waals surface area contributed by atoms with E-state index < -0.39 is 0 Å². The molecule has 0 aromatic heterocycles. The van der Waals surface area contributed by atoms with E-state index in [2.05, 4.69) is 0 Å². The SMILES string of the molecule is [B]c1c([B])c([B])c(-c2cccc(-c3c([B])c([B])c([B])c([B])c3[B])c2)c([B])c1[B]. The first-order valence-electron chi connectivity index (χ1n) is 8.21. The van der Waals surface area contributed by atoms with Gasteiger partial charge in [0.05, 0.1) is 0 Å². The van der Waals surface area contributed by atoms with Crippen molar-refractivity contribution in [2.45, 2.75) is 0 Å². The van der Waals surface area contributed by atoms with Crippen LogP contribution in [0.4, 0.5) is 0 Å². The van der Waals surface area contributed by atoms with Gasteiger partial charge in [-0.3, -0.25) is 0 Å². The second kappa shape index (κ2) is 7.62. The van der Waals surface area contributed by atoms with Crippen LogP contribution in [0.1, 0.15) is 0 Å². The van der Waals surface area contributed by atoms with Crippen molar-refractivity contribution in [3.05, 3.63) is 24.3 Å². The monoisotopic (exact) mass is 330 g/mol. The fraction of sp³-hybridized carbons (Fsp3) is 0. The Morgan fingerprint density at radius 1 is 0.357 bits per heavy atom. The minimum Gasteiger partial charge on any atom is -0.112 e. The molecule has 0 nitrogen and oxygen atoms in total. The van der Waals surface area contributed by atoms with Crippen LogP contribution in [0.2, 0.25) is 0 Å². The van der Waals surface area contributed by atoms with Gasteiger partial charge in [0.1, 0.15) is 78.5 Å². The van der Waals surface area contributed by atoms with E-state index in [4.69, 9.17) is 78.5 Å². The van der Waals surface area contributed by atoms with Crippen LogP contribution in [-0.4, -0.2) is 78.5 Å². The van der Waals surface area contributed by atoms with Gasteiger partial charge < -0.3 is 0 Å². The molecule has 3 aromatic carbocycles. The summed E-state index contributed by atoms with van der Waals surface area (Å²) in [5.74, 6) is 0. The maximum absolute atomic E-state index is 6.16. The van der Waals surface area contributed by atoms with Crippen molar-refractivity contribution >= 4 is 133 Å². The highest BCUT2D eigenvalue weighted by molar-refractivity contribution is 6.70. The van der Waals surface area contributed by atoms with Crippen LogP contribution in [0.5, 0.6) is 0 Å². The molecule has 10 heteroatoms. The van der Waals surface area contributed by atoms with Crippen LogP contribution in [0, 0.1) is 0 Å². The first-order valence-corrected chi connectivity index (χ1v) is 8.21. The van der Waals surface area contributed by atoms with E-state index in [1.807, 2.05) is 0 Å². The third-order valence-electron chi connectivity index (χ3n) is 4.84. The van der Waals surface area contributed by atoms with Crippen molar-refractivity contribution in [1.29, 1.82) is 0 Å². The lowest BCUT2D eigenvalue weighted by molar-refractivity contribution is 1.67. The highest BCUT2D eigenvalue weighted by Crippen LogP contribution is 2.21. The molecule has 0 saturated heterocycles. The molecule has 0 aliphatic heterocycles. The van der Waals surface area contributed by atoms with Gasteiger partial charge in [0.25, 0.3) is 0 Å². The Morgan fingerprint density at radius 2 is 0.607 bits per heavy atom. The molecular weight excluding hydrogens is 324 g/mol. The third kappa shape index (κ3) is 3.19. The molecule has 3 rings (SSSR count). The lowest BCUT2D eigenvalue weighted by Crippen LogP contribution is -2.55. The summed E-state index contributed by atoms with van der Waals surface area (Å²) in [6.07, 6.45) is 0. The summed E-state index contributed by atoms with van der Waals surface area (Å²) in [5.41, 5.74) is 3.99. The second-order valence-corrected chi connectivity index (χ2v) is 6.47. The lowest BCUT2D eigenvalue weighted by atomic mass is 9.59. The van der Waals surface area contributed by atoms with Gasteiger partial charge in [0.15, 0.2) is 0 Å². The average molecular weight is 328 g/mol. The first-order chi connectivity index (χ1) is 13.1. The molecule has 0 bridgehead atoms. The molecular formula is C18H4B10. The fourth-order valence-corrected chi connectivity index (χ4v) is 3.15. The second-order valence-electron chi connectivity index (χ2n) is 6.47. The van der Waals surface area contributed by atoms with Crippen LogP contribution in [0.15, 0.2) is 24.3 Å². The largest absolute Gasteiger partial charge is 0.113 e. The van der Waals surface area contributed by atoms with Crippen molar-refractivity contribution in [3.63, 3.8) is 0 Å². The minimum absolute atomic E-state index is 0.141. The summed E-state index contributed by atoms with van der Waals surface area (Å²) in [6, 6.07) is 7.12. The van der Waals surface area contributed by atoms with Gasteiger partial charge in [0, 0.05) is 0 Å². The number of benzene rings is 3. The van der Waals surface area contributed by atoms with E-state index in [1.54, 1.807) is 24.3 Å². The van der Waals surface area contributed by atoms with Gasteiger partial charge in [-0.2, -0.15) is 0 Å². The van der Waals surface area contributed by atoms with Gasteiger partial charge in [-0.1, -0.05) is 40.1 Å². The molecule has 0 aliphatic carbocycles. The summed E-state index contributed by atoms with van der Waals surface area (Å²) in [5, 5.41) is 0. The smallest absolute Gasteiger partial charge is 0.112 e. The van der Waals surface area contributed by atoms with Crippen LogP contribution in [-0.2, 0) is 0 Å². The van der Waals surface area contributed by atoms with E-state index in [9.17, 15) is 0 Å². The Kier molecular flexibility index (Phi) is 5.72.